The molecule has 0 radical (unpaired) electrons. The van der Waals surface area contributed by atoms with Gasteiger partial charge in [0.25, 0.3) is 5.56 Å². The predicted molar refractivity (Wildman–Crippen MR) is 132 cm³/mol. The molecule has 3 heterocycles. The van der Waals surface area contributed by atoms with Crippen molar-refractivity contribution in [1.29, 1.82) is 0 Å². The van der Waals surface area contributed by atoms with Gasteiger partial charge in [-0.2, -0.15) is 0 Å². The molecule has 0 aliphatic rings. The van der Waals surface area contributed by atoms with Crippen molar-refractivity contribution in [1.82, 2.24) is 9.55 Å². The normalized spacial score (nSPS) is 11.5. The Morgan fingerprint density at radius 1 is 1.09 bits per heavy atom. The summed E-state index contributed by atoms with van der Waals surface area (Å²) in [5.74, 6) is -0.0544. The van der Waals surface area contributed by atoms with E-state index in [9.17, 15) is 9.59 Å². The summed E-state index contributed by atoms with van der Waals surface area (Å²) in [6.07, 6.45) is 1.45. The fourth-order valence-electron chi connectivity index (χ4n) is 3.88. The summed E-state index contributed by atoms with van der Waals surface area (Å²) in [5, 5.41) is 1.38. The molecule has 0 unspecified atom stereocenters. The van der Waals surface area contributed by atoms with E-state index in [-0.39, 0.29) is 23.6 Å². The molecule has 0 atom stereocenters. The third kappa shape index (κ3) is 3.51. The summed E-state index contributed by atoms with van der Waals surface area (Å²) in [5.41, 5.74) is 4.65. The van der Waals surface area contributed by atoms with Crippen LogP contribution in [0.2, 0.25) is 0 Å². The van der Waals surface area contributed by atoms with E-state index in [0.717, 1.165) is 31.4 Å². The number of carbonyl (C=O) groups excluding carboxylic acids is 1. The van der Waals surface area contributed by atoms with E-state index in [4.69, 9.17) is 4.42 Å². The Hall–Kier alpha value is -3.03. The van der Waals surface area contributed by atoms with Crippen LogP contribution in [0.25, 0.3) is 32.3 Å². The molecule has 3 aromatic heterocycles. The fraction of sp³-hybridized carbons (Fsp3) is 0.160. The Labute approximate surface area is 196 Å². The minimum atomic E-state index is -0.278. The minimum Gasteiger partial charge on any atom is -0.453 e. The predicted octanol–water partition coefficient (Wildman–Crippen LogP) is 6.44. The molecule has 7 heteroatoms. The van der Waals surface area contributed by atoms with Crippen LogP contribution >= 0.6 is 27.3 Å². The minimum absolute atomic E-state index is 0.135. The quantitative estimate of drug-likeness (QED) is 0.263. The number of hydrogen-bond acceptors (Lipinski definition) is 5. The van der Waals surface area contributed by atoms with Gasteiger partial charge in [-0.3, -0.25) is 14.2 Å². The van der Waals surface area contributed by atoms with E-state index in [0.29, 0.717) is 15.8 Å². The van der Waals surface area contributed by atoms with Crippen LogP contribution < -0.4 is 5.56 Å². The van der Waals surface area contributed by atoms with Gasteiger partial charge in [-0.25, -0.2) is 4.98 Å². The van der Waals surface area contributed by atoms with Gasteiger partial charge in [-0.15, -0.1) is 11.3 Å². The molecule has 0 spiro atoms. The summed E-state index contributed by atoms with van der Waals surface area (Å²) >= 11 is 4.92. The van der Waals surface area contributed by atoms with E-state index in [1.165, 1.54) is 27.8 Å². The number of aryl methyl sites for hydroxylation is 3. The van der Waals surface area contributed by atoms with Gasteiger partial charge >= 0.3 is 0 Å². The van der Waals surface area contributed by atoms with Crippen LogP contribution in [0.3, 0.4) is 0 Å². The lowest BCUT2D eigenvalue weighted by Gasteiger charge is -2.07. The van der Waals surface area contributed by atoms with Crippen LogP contribution in [-0.4, -0.2) is 15.3 Å². The zero-order chi connectivity index (χ0) is 22.6. The number of halogens is 1. The summed E-state index contributed by atoms with van der Waals surface area (Å²) in [6.45, 7) is 5.99. The number of Topliss-reactive ketones (excluding diaryl/α,β-unsaturated/α-hetero) is 1. The van der Waals surface area contributed by atoms with Gasteiger partial charge in [-0.1, -0.05) is 34.1 Å². The molecular formula is C25H19BrN2O3S. The topological polar surface area (TPSA) is 65.1 Å². The number of aromatic nitrogens is 2. The number of hydrogen-bond donors (Lipinski definition) is 0. The summed E-state index contributed by atoms with van der Waals surface area (Å²) in [6, 6.07) is 13.4. The average molecular weight is 507 g/mol. The monoisotopic (exact) mass is 506 g/mol. The second kappa shape index (κ2) is 7.83. The molecule has 0 saturated heterocycles. The number of ketones is 1. The molecular weight excluding hydrogens is 488 g/mol. The number of fused-ring (bicyclic) bond motifs is 2. The highest BCUT2D eigenvalue weighted by Gasteiger charge is 2.20. The lowest BCUT2D eigenvalue weighted by atomic mass is 9.99. The Balaban J connectivity index is 1.57. The number of furan rings is 1. The van der Waals surface area contributed by atoms with E-state index in [2.05, 4.69) is 46.9 Å². The van der Waals surface area contributed by atoms with Gasteiger partial charge in [-0.05, 0) is 61.7 Å². The number of carbonyl (C=O) groups is 1. The molecule has 0 amide bonds. The molecule has 5 rings (SSSR count). The first-order chi connectivity index (χ1) is 15.3. The van der Waals surface area contributed by atoms with Gasteiger partial charge in [0.05, 0.1) is 18.3 Å². The molecule has 2 aromatic carbocycles. The van der Waals surface area contributed by atoms with E-state index in [1.807, 2.05) is 25.1 Å². The van der Waals surface area contributed by atoms with Crippen molar-refractivity contribution >= 4 is 54.2 Å². The SMILES string of the molecule is Cc1ccc(-c2c(C)sc3ncn(CC(=O)c4cc5cc(Br)ccc5o4)c(=O)c23)cc1C. The maximum absolute atomic E-state index is 13.4. The zero-order valence-electron chi connectivity index (χ0n) is 17.7. The van der Waals surface area contributed by atoms with Gasteiger partial charge < -0.3 is 4.42 Å². The Morgan fingerprint density at radius 3 is 2.69 bits per heavy atom. The van der Waals surface area contributed by atoms with Gasteiger partial charge in [0.15, 0.2) is 5.76 Å². The third-order valence-electron chi connectivity index (χ3n) is 5.72. The molecule has 32 heavy (non-hydrogen) atoms. The number of rotatable bonds is 4. The van der Waals surface area contributed by atoms with Crippen LogP contribution in [0.15, 0.2) is 62.5 Å². The van der Waals surface area contributed by atoms with Crippen LogP contribution in [0.1, 0.15) is 26.6 Å². The molecule has 0 aliphatic carbocycles. The van der Waals surface area contributed by atoms with E-state index in [1.54, 1.807) is 12.1 Å². The molecule has 5 aromatic rings. The molecule has 160 valence electrons. The molecule has 0 aliphatic heterocycles. The Kier molecular flexibility index (Phi) is 5.10. The molecule has 5 nitrogen and oxygen atoms in total. The average Bonchev–Trinajstić information content (AvgIpc) is 3.32. The van der Waals surface area contributed by atoms with Crippen LogP contribution in [-0.2, 0) is 6.54 Å². The maximum atomic E-state index is 13.4. The van der Waals surface area contributed by atoms with Crippen LogP contribution in [0.5, 0.6) is 0 Å². The largest absolute Gasteiger partial charge is 0.453 e. The van der Waals surface area contributed by atoms with Crippen molar-refractivity contribution < 1.29 is 9.21 Å². The highest BCUT2D eigenvalue weighted by molar-refractivity contribution is 9.10. The van der Waals surface area contributed by atoms with Crippen LogP contribution in [0.4, 0.5) is 0 Å². The third-order valence-corrected chi connectivity index (χ3v) is 7.22. The molecule has 0 bridgehead atoms. The smallest absolute Gasteiger partial charge is 0.263 e. The highest BCUT2D eigenvalue weighted by Crippen LogP contribution is 2.36. The summed E-state index contributed by atoms with van der Waals surface area (Å²) in [4.78, 5) is 32.5. The van der Waals surface area contributed by atoms with Gasteiger partial charge in [0.1, 0.15) is 10.4 Å². The number of benzene rings is 2. The van der Waals surface area contributed by atoms with Crippen LogP contribution in [0, 0.1) is 20.8 Å². The first kappa shape index (κ1) is 20.8. The van der Waals surface area contributed by atoms with Crippen molar-refractivity contribution in [3.05, 3.63) is 85.4 Å². The van der Waals surface area contributed by atoms with Gasteiger partial charge in [0.2, 0.25) is 5.78 Å². The van der Waals surface area contributed by atoms with Crippen molar-refractivity contribution in [3.63, 3.8) is 0 Å². The van der Waals surface area contributed by atoms with Gasteiger partial charge in [0, 0.05) is 20.3 Å². The Morgan fingerprint density at radius 2 is 1.91 bits per heavy atom. The highest BCUT2D eigenvalue weighted by atomic mass is 79.9. The number of nitrogens with zero attached hydrogens (tertiary/aromatic N) is 2. The second-order valence-electron chi connectivity index (χ2n) is 7.91. The fourth-order valence-corrected chi connectivity index (χ4v) is 5.26. The van der Waals surface area contributed by atoms with E-state index >= 15 is 0 Å². The Bertz CT molecular complexity index is 1590. The first-order valence-corrected chi connectivity index (χ1v) is 11.7. The number of thiophene rings is 1. The molecule has 0 fully saturated rings. The molecule has 0 saturated carbocycles. The maximum Gasteiger partial charge on any atom is 0.263 e. The zero-order valence-corrected chi connectivity index (χ0v) is 20.1. The van der Waals surface area contributed by atoms with E-state index < -0.39 is 0 Å². The standard InChI is InChI=1S/C25H19BrN2O3S/c1-13-4-5-16(8-14(13)2)22-15(3)32-24-23(22)25(30)28(12-27-24)11-19(29)21-10-17-9-18(26)6-7-20(17)31-21/h4-10,12H,11H2,1-3H3. The summed E-state index contributed by atoms with van der Waals surface area (Å²) in [7, 11) is 0. The second-order valence-corrected chi connectivity index (χ2v) is 10.0. The lowest BCUT2D eigenvalue weighted by molar-refractivity contribution is 0.0945. The first-order valence-electron chi connectivity index (χ1n) is 10.1. The van der Waals surface area contributed by atoms with Crippen molar-refractivity contribution in [2.75, 3.05) is 0 Å². The van der Waals surface area contributed by atoms with Crippen molar-refractivity contribution in [3.8, 4) is 11.1 Å². The van der Waals surface area contributed by atoms with Crippen molar-refractivity contribution in [2.24, 2.45) is 0 Å². The molecule has 0 N–H and O–H groups in total. The van der Waals surface area contributed by atoms with Crippen molar-refractivity contribution in [2.45, 2.75) is 27.3 Å². The lowest BCUT2D eigenvalue weighted by Crippen LogP contribution is -2.24. The summed E-state index contributed by atoms with van der Waals surface area (Å²) < 4.78 is 7.97.